The molecule has 1 heterocycles. The van der Waals surface area contributed by atoms with E-state index in [4.69, 9.17) is 5.11 Å². The van der Waals surface area contributed by atoms with E-state index in [0.717, 1.165) is 5.75 Å². The van der Waals surface area contributed by atoms with Crippen LogP contribution < -0.4 is 0 Å². The normalized spacial score (nSPS) is 19.8. The van der Waals surface area contributed by atoms with Gasteiger partial charge in [0.15, 0.2) is 5.78 Å². The lowest BCUT2D eigenvalue weighted by Gasteiger charge is -2.25. The van der Waals surface area contributed by atoms with E-state index in [1.807, 2.05) is 6.92 Å². The van der Waals surface area contributed by atoms with E-state index in [1.54, 1.807) is 27.8 Å². The third-order valence-corrected chi connectivity index (χ3v) is 4.28. The lowest BCUT2D eigenvalue weighted by molar-refractivity contribution is -0.137. The van der Waals surface area contributed by atoms with Crippen LogP contribution in [0.2, 0.25) is 0 Å². The minimum Gasteiger partial charge on any atom is -0.481 e. The van der Waals surface area contributed by atoms with Gasteiger partial charge in [-0.3, -0.25) is 14.4 Å². The van der Waals surface area contributed by atoms with E-state index < -0.39 is 17.8 Å². The van der Waals surface area contributed by atoms with Crippen LogP contribution in [0.5, 0.6) is 0 Å². The van der Waals surface area contributed by atoms with Crippen molar-refractivity contribution in [3.05, 3.63) is 11.1 Å². The lowest BCUT2D eigenvalue weighted by Crippen LogP contribution is -2.33. The van der Waals surface area contributed by atoms with Gasteiger partial charge in [0.1, 0.15) is 5.37 Å². The fraction of sp³-hybridized carbons (Fsp3) is 0.643. The SMILES string of the molecule is CCS[C@H]1C(C(=O)C(C)(C)C)=C(CC(=O)O)C(=O)N1C. The molecule has 0 saturated heterocycles. The molecule has 1 rings (SSSR count). The van der Waals surface area contributed by atoms with E-state index >= 15 is 0 Å². The van der Waals surface area contributed by atoms with Gasteiger partial charge >= 0.3 is 5.97 Å². The van der Waals surface area contributed by atoms with Crippen molar-refractivity contribution in [3.63, 3.8) is 0 Å². The van der Waals surface area contributed by atoms with Gasteiger partial charge in [-0.25, -0.2) is 0 Å². The third-order valence-electron chi connectivity index (χ3n) is 3.08. The molecule has 6 heteroatoms. The van der Waals surface area contributed by atoms with Crippen LogP contribution >= 0.6 is 11.8 Å². The maximum Gasteiger partial charge on any atom is 0.308 e. The molecular formula is C14H21NO4S. The Morgan fingerprint density at radius 3 is 2.30 bits per heavy atom. The molecule has 0 fully saturated rings. The van der Waals surface area contributed by atoms with Crippen LogP contribution in [0.25, 0.3) is 0 Å². The van der Waals surface area contributed by atoms with Crippen molar-refractivity contribution < 1.29 is 19.5 Å². The second-order valence-corrected chi connectivity index (χ2v) is 7.12. The van der Waals surface area contributed by atoms with Gasteiger partial charge in [-0.2, -0.15) is 0 Å². The summed E-state index contributed by atoms with van der Waals surface area (Å²) in [4.78, 5) is 37.2. The fourth-order valence-electron chi connectivity index (χ4n) is 2.11. The zero-order valence-corrected chi connectivity index (χ0v) is 13.3. The Bertz CT molecular complexity index is 476. The maximum atomic E-state index is 12.6. The van der Waals surface area contributed by atoms with Gasteiger partial charge in [-0.05, 0) is 5.75 Å². The number of rotatable bonds is 5. The number of hydrogen-bond acceptors (Lipinski definition) is 4. The molecule has 0 unspecified atom stereocenters. The molecule has 112 valence electrons. The lowest BCUT2D eigenvalue weighted by atomic mass is 9.84. The summed E-state index contributed by atoms with van der Waals surface area (Å²) < 4.78 is 0. The molecule has 0 aromatic rings. The average molecular weight is 299 g/mol. The summed E-state index contributed by atoms with van der Waals surface area (Å²) in [5.41, 5.74) is -0.151. The number of likely N-dealkylation sites (N-methyl/N-ethyl adjacent to an activating group) is 1. The zero-order valence-electron chi connectivity index (χ0n) is 12.5. The second kappa shape index (κ2) is 5.99. The van der Waals surface area contributed by atoms with Crippen LogP contribution in [0.1, 0.15) is 34.1 Å². The van der Waals surface area contributed by atoms with E-state index in [0.29, 0.717) is 5.57 Å². The van der Waals surface area contributed by atoms with Gasteiger partial charge in [0, 0.05) is 23.6 Å². The molecule has 1 N–H and O–H groups in total. The summed E-state index contributed by atoms with van der Waals surface area (Å²) in [7, 11) is 1.61. The Balaban J connectivity index is 3.35. The predicted molar refractivity (Wildman–Crippen MR) is 78.4 cm³/mol. The highest BCUT2D eigenvalue weighted by Gasteiger charge is 2.43. The quantitative estimate of drug-likeness (QED) is 0.839. The summed E-state index contributed by atoms with van der Waals surface area (Å²) >= 11 is 1.47. The first kappa shape index (κ1) is 16.8. The molecule has 0 aromatic carbocycles. The molecule has 0 saturated carbocycles. The van der Waals surface area contributed by atoms with Crippen molar-refractivity contribution in [2.45, 2.75) is 39.5 Å². The summed E-state index contributed by atoms with van der Waals surface area (Å²) in [6, 6.07) is 0. The van der Waals surface area contributed by atoms with Crippen molar-refractivity contribution in [2.24, 2.45) is 5.41 Å². The zero-order chi connectivity index (χ0) is 15.7. The van der Waals surface area contributed by atoms with Crippen LogP contribution in [0, 0.1) is 5.41 Å². The Kier molecular flexibility index (Phi) is 5.02. The Morgan fingerprint density at radius 2 is 1.90 bits per heavy atom. The first-order valence-corrected chi connectivity index (χ1v) is 7.54. The number of thioether (sulfide) groups is 1. The van der Waals surface area contributed by atoms with Gasteiger partial charge in [-0.1, -0.05) is 27.7 Å². The van der Waals surface area contributed by atoms with Crippen LogP contribution in [0.4, 0.5) is 0 Å². The summed E-state index contributed by atoms with van der Waals surface area (Å²) in [5, 5.41) is 8.59. The Morgan fingerprint density at radius 1 is 1.35 bits per heavy atom. The van der Waals surface area contributed by atoms with Gasteiger partial charge in [0.05, 0.1) is 6.42 Å². The molecular weight excluding hydrogens is 278 g/mol. The van der Waals surface area contributed by atoms with Crippen LogP contribution in [-0.4, -0.2) is 45.8 Å². The summed E-state index contributed by atoms with van der Waals surface area (Å²) in [5.74, 6) is -0.865. The number of carbonyl (C=O) groups excluding carboxylic acids is 2. The van der Waals surface area contributed by atoms with Crippen LogP contribution in [-0.2, 0) is 14.4 Å². The van der Waals surface area contributed by atoms with Gasteiger partial charge in [0.2, 0.25) is 0 Å². The van der Waals surface area contributed by atoms with Gasteiger partial charge in [0.25, 0.3) is 5.91 Å². The molecule has 20 heavy (non-hydrogen) atoms. The largest absolute Gasteiger partial charge is 0.481 e. The third kappa shape index (κ3) is 3.23. The molecule has 0 spiro atoms. The number of amides is 1. The number of ketones is 1. The standard InChI is InChI=1S/C14H21NO4S/c1-6-20-13-10(11(18)14(2,3)4)8(7-9(16)17)12(19)15(13)5/h13H,6-7H2,1-5H3,(H,16,17)/t13-/m0/s1. The number of Topliss-reactive ketones (excluding diaryl/α,β-unsaturated/α-hetero) is 1. The predicted octanol–water partition coefficient (Wildman–Crippen LogP) is 1.92. The minimum absolute atomic E-state index is 0.130. The molecule has 1 aliphatic rings. The van der Waals surface area contributed by atoms with Crippen molar-refractivity contribution in [2.75, 3.05) is 12.8 Å². The highest BCUT2D eigenvalue weighted by molar-refractivity contribution is 8.00. The molecule has 0 aliphatic carbocycles. The van der Waals surface area contributed by atoms with Gasteiger partial charge in [-0.15, -0.1) is 11.8 Å². The second-order valence-electron chi connectivity index (χ2n) is 5.77. The van der Waals surface area contributed by atoms with Crippen molar-refractivity contribution >= 4 is 29.4 Å². The van der Waals surface area contributed by atoms with Crippen LogP contribution in [0.3, 0.4) is 0 Å². The van der Waals surface area contributed by atoms with E-state index in [2.05, 4.69) is 0 Å². The monoisotopic (exact) mass is 299 g/mol. The topological polar surface area (TPSA) is 74.7 Å². The molecule has 0 aromatic heterocycles. The Hall–Kier alpha value is -1.30. The molecule has 0 radical (unpaired) electrons. The highest BCUT2D eigenvalue weighted by atomic mass is 32.2. The number of hydrogen-bond donors (Lipinski definition) is 1. The molecule has 1 amide bonds. The first-order valence-electron chi connectivity index (χ1n) is 6.49. The number of carboxylic acids is 1. The van der Waals surface area contributed by atoms with E-state index in [9.17, 15) is 14.4 Å². The number of carboxylic acid groups (broad SMARTS) is 1. The summed E-state index contributed by atoms with van der Waals surface area (Å²) in [6.07, 6.45) is -0.402. The molecule has 1 atom stereocenters. The minimum atomic E-state index is -1.09. The van der Waals surface area contributed by atoms with Crippen molar-refractivity contribution in [1.82, 2.24) is 4.90 Å². The summed E-state index contributed by atoms with van der Waals surface area (Å²) in [6.45, 7) is 7.27. The molecule has 5 nitrogen and oxygen atoms in total. The van der Waals surface area contributed by atoms with Crippen LogP contribution in [0.15, 0.2) is 11.1 Å². The molecule has 1 aliphatic heterocycles. The van der Waals surface area contributed by atoms with Gasteiger partial charge < -0.3 is 10.0 Å². The first-order chi connectivity index (χ1) is 9.11. The number of carbonyl (C=O) groups is 3. The Labute approximate surface area is 123 Å². The van der Waals surface area contributed by atoms with Crippen molar-refractivity contribution in [3.8, 4) is 0 Å². The number of nitrogens with zero attached hydrogens (tertiary/aromatic N) is 1. The van der Waals surface area contributed by atoms with E-state index in [-0.39, 0.29) is 22.6 Å². The maximum absolute atomic E-state index is 12.6. The van der Waals surface area contributed by atoms with E-state index in [1.165, 1.54) is 16.7 Å². The molecule has 0 bridgehead atoms. The van der Waals surface area contributed by atoms with Crippen molar-refractivity contribution in [1.29, 1.82) is 0 Å². The number of aliphatic carboxylic acids is 1. The average Bonchev–Trinajstić information content (AvgIpc) is 2.53. The fourth-order valence-corrected chi connectivity index (χ4v) is 3.16. The smallest absolute Gasteiger partial charge is 0.308 e. The highest BCUT2D eigenvalue weighted by Crippen LogP contribution is 2.37.